The lowest BCUT2D eigenvalue weighted by Crippen LogP contribution is -2.40. The van der Waals surface area contributed by atoms with Crippen LogP contribution in [-0.2, 0) is 17.8 Å². The molecule has 4 rings (SSSR count). The monoisotopic (exact) mass is 397 g/mol. The average molecular weight is 397 g/mol. The maximum Gasteiger partial charge on any atom is 0.193 e. The Bertz CT molecular complexity index is 857. The second kappa shape index (κ2) is 9.27. The van der Waals surface area contributed by atoms with Gasteiger partial charge in [0.05, 0.1) is 6.61 Å². The number of fused-ring (bicyclic) bond motifs is 1. The van der Waals surface area contributed by atoms with Crippen LogP contribution in [0.25, 0.3) is 0 Å². The third-order valence-corrected chi connectivity index (χ3v) is 5.49. The van der Waals surface area contributed by atoms with Crippen LogP contribution in [-0.4, -0.2) is 43.8 Å². The standard InChI is InChI=1S/C23H28FN3O2/c1-2-25-23(27-11-9-19(14-27)17-6-4-3-5-7-17)26-10-8-18-12-21(24)13-20-15-28-16-29-22(18)20/h3-7,12-13,19H,2,8-11,14-16H2,1H3,(H,25,26). The van der Waals surface area contributed by atoms with Gasteiger partial charge in [-0.1, -0.05) is 30.3 Å². The van der Waals surface area contributed by atoms with Crippen LogP contribution in [0.4, 0.5) is 4.39 Å². The summed E-state index contributed by atoms with van der Waals surface area (Å²) in [5, 5.41) is 3.41. The van der Waals surface area contributed by atoms with Crippen LogP contribution in [0.2, 0.25) is 0 Å². The van der Waals surface area contributed by atoms with E-state index in [-0.39, 0.29) is 12.6 Å². The maximum absolute atomic E-state index is 13.9. The number of ether oxygens (including phenoxy) is 2. The molecule has 2 aliphatic heterocycles. The number of aliphatic imine (C=N–C) groups is 1. The molecule has 0 bridgehead atoms. The predicted octanol–water partition coefficient (Wildman–Crippen LogP) is 3.69. The number of guanidine groups is 1. The first-order valence-electron chi connectivity index (χ1n) is 10.3. The molecule has 1 atom stereocenters. The van der Waals surface area contributed by atoms with Crippen molar-refractivity contribution in [2.45, 2.75) is 32.3 Å². The molecule has 5 nitrogen and oxygen atoms in total. The molecule has 0 radical (unpaired) electrons. The predicted molar refractivity (Wildman–Crippen MR) is 112 cm³/mol. The van der Waals surface area contributed by atoms with Crippen LogP contribution in [0, 0.1) is 5.82 Å². The van der Waals surface area contributed by atoms with Gasteiger partial charge < -0.3 is 19.7 Å². The molecule has 2 aromatic rings. The largest absolute Gasteiger partial charge is 0.467 e. The Morgan fingerprint density at radius 1 is 1.28 bits per heavy atom. The van der Waals surface area contributed by atoms with E-state index in [4.69, 9.17) is 14.5 Å². The van der Waals surface area contributed by atoms with Gasteiger partial charge in [0.15, 0.2) is 12.8 Å². The Kier molecular flexibility index (Phi) is 6.30. The lowest BCUT2D eigenvalue weighted by Gasteiger charge is -2.22. The van der Waals surface area contributed by atoms with Gasteiger partial charge in [-0.05, 0) is 43.0 Å². The van der Waals surface area contributed by atoms with Crippen LogP contribution in [0.5, 0.6) is 5.75 Å². The minimum Gasteiger partial charge on any atom is -0.467 e. The van der Waals surface area contributed by atoms with Crippen molar-refractivity contribution in [1.29, 1.82) is 0 Å². The summed E-state index contributed by atoms with van der Waals surface area (Å²) in [6.45, 7) is 6.03. The summed E-state index contributed by atoms with van der Waals surface area (Å²) in [6.07, 6.45) is 1.75. The minimum absolute atomic E-state index is 0.214. The van der Waals surface area contributed by atoms with Gasteiger partial charge in [0.1, 0.15) is 11.6 Å². The molecule has 6 heteroatoms. The molecule has 0 saturated carbocycles. The third kappa shape index (κ3) is 4.70. The number of nitrogens with zero attached hydrogens (tertiary/aromatic N) is 2. The van der Waals surface area contributed by atoms with Crippen LogP contribution < -0.4 is 10.1 Å². The highest BCUT2D eigenvalue weighted by molar-refractivity contribution is 5.80. The number of rotatable bonds is 5. The highest BCUT2D eigenvalue weighted by Gasteiger charge is 2.26. The molecule has 2 aliphatic rings. The van der Waals surface area contributed by atoms with Crippen molar-refractivity contribution in [2.75, 3.05) is 33.0 Å². The van der Waals surface area contributed by atoms with Crippen molar-refractivity contribution in [1.82, 2.24) is 10.2 Å². The van der Waals surface area contributed by atoms with Crippen LogP contribution in [0.3, 0.4) is 0 Å². The van der Waals surface area contributed by atoms with E-state index < -0.39 is 0 Å². The van der Waals surface area contributed by atoms with Crippen molar-refractivity contribution < 1.29 is 13.9 Å². The summed E-state index contributed by atoms with van der Waals surface area (Å²) >= 11 is 0. The lowest BCUT2D eigenvalue weighted by atomic mass is 9.99. The second-order valence-corrected chi connectivity index (χ2v) is 7.49. The zero-order valence-corrected chi connectivity index (χ0v) is 16.9. The van der Waals surface area contributed by atoms with E-state index >= 15 is 0 Å². The van der Waals surface area contributed by atoms with Crippen molar-refractivity contribution in [3.63, 3.8) is 0 Å². The van der Waals surface area contributed by atoms with Gasteiger partial charge in [0, 0.05) is 37.7 Å². The molecule has 0 spiro atoms. The molecule has 2 heterocycles. The van der Waals surface area contributed by atoms with E-state index in [0.717, 1.165) is 48.9 Å². The van der Waals surface area contributed by atoms with Gasteiger partial charge in [-0.25, -0.2) is 4.39 Å². The van der Waals surface area contributed by atoms with Crippen molar-refractivity contribution in [3.8, 4) is 5.75 Å². The zero-order valence-electron chi connectivity index (χ0n) is 16.9. The number of hydrogen-bond donors (Lipinski definition) is 1. The van der Waals surface area contributed by atoms with E-state index in [1.165, 1.54) is 11.6 Å². The Labute approximate surface area is 171 Å². The Morgan fingerprint density at radius 2 is 2.14 bits per heavy atom. The van der Waals surface area contributed by atoms with Gasteiger partial charge in [-0.3, -0.25) is 4.99 Å². The molecule has 1 N–H and O–H groups in total. The second-order valence-electron chi connectivity index (χ2n) is 7.49. The summed E-state index contributed by atoms with van der Waals surface area (Å²) in [5.41, 5.74) is 3.01. The zero-order chi connectivity index (χ0) is 20.1. The molecule has 2 aromatic carbocycles. The molecular formula is C23H28FN3O2. The molecule has 29 heavy (non-hydrogen) atoms. The summed E-state index contributed by atoms with van der Waals surface area (Å²) < 4.78 is 24.8. The van der Waals surface area contributed by atoms with E-state index in [0.29, 0.717) is 25.5 Å². The summed E-state index contributed by atoms with van der Waals surface area (Å²) in [4.78, 5) is 7.15. The van der Waals surface area contributed by atoms with Crippen LogP contribution in [0.15, 0.2) is 47.5 Å². The van der Waals surface area contributed by atoms with Crippen molar-refractivity contribution in [3.05, 3.63) is 65.0 Å². The van der Waals surface area contributed by atoms with Crippen LogP contribution in [0.1, 0.15) is 36.0 Å². The van der Waals surface area contributed by atoms with Crippen molar-refractivity contribution >= 4 is 5.96 Å². The first kappa shape index (κ1) is 19.7. The smallest absolute Gasteiger partial charge is 0.193 e. The molecule has 1 fully saturated rings. The van der Waals surface area contributed by atoms with Gasteiger partial charge in [-0.2, -0.15) is 0 Å². The Balaban J connectivity index is 1.43. The summed E-state index contributed by atoms with van der Waals surface area (Å²) in [5.74, 6) is 1.96. The van der Waals surface area contributed by atoms with E-state index in [2.05, 4.69) is 47.5 Å². The van der Waals surface area contributed by atoms with E-state index in [1.54, 1.807) is 6.07 Å². The number of nitrogens with one attached hydrogen (secondary N) is 1. The molecule has 0 aromatic heterocycles. The number of likely N-dealkylation sites (tertiary alicyclic amines) is 1. The fourth-order valence-corrected chi connectivity index (χ4v) is 4.10. The molecule has 0 amide bonds. The molecule has 154 valence electrons. The fourth-order valence-electron chi connectivity index (χ4n) is 4.10. The molecule has 1 unspecified atom stereocenters. The normalized spacial score (nSPS) is 19.0. The SMILES string of the molecule is CCNC(=NCCc1cc(F)cc2c1OCOC2)N1CCC(c2ccccc2)C1. The fraction of sp³-hybridized carbons (Fsp3) is 0.435. The first-order valence-corrected chi connectivity index (χ1v) is 10.3. The molecule has 0 aliphatic carbocycles. The maximum atomic E-state index is 13.9. The number of hydrogen-bond acceptors (Lipinski definition) is 3. The van der Waals surface area contributed by atoms with Gasteiger partial charge in [-0.15, -0.1) is 0 Å². The number of benzene rings is 2. The Hall–Kier alpha value is -2.60. The lowest BCUT2D eigenvalue weighted by molar-refractivity contribution is -0.0172. The third-order valence-electron chi connectivity index (χ3n) is 5.49. The quantitative estimate of drug-likeness (QED) is 0.617. The topological polar surface area (TPSA) is 46.1 Å². The minimum atomic E-state index is -0.256. The highest BCUT2D eigenvalue weighted by Crippen LogP contribution is 2.30. The first-order chi connectivity index (χ1) is 14.2. The average Bonchev–Trinajstić information content (AvgIpc) is 3.24. The van der Waals surface area contributed by atoms with E-state index in [1.807, 2.05) is 0 Å². The van der Waals surface area contributed by atoms with Crippen LogP contribution >= 0.6 is 0 Å². The summed E-state index contributed by atoms with van der Waals surface area (Å²) in [7, 11) is 0. The molecular weight excluding hydrogens is 369 g/mol. The summed E-state index contributed by atoms with van der Waals surface area (Å²) in [6, 6.07) is 13.7. The van der Waals surface area contributed by atoms with E-state index in [9.17, 15) is 4.39 Å². The number of halogens is 1. The van der Waals surface area contributed by atoms with Crippen molar-refractivity contribution in [2.24, 2.45) is 4.99 Å². The van der Waals surface area contributed by atoms with Gasteiger partial charge in [0.25, 0.3) is 0 Å². The van der Waals surface area contributed by atoms with Gasteiger partial charge >= 0.3 is 0 Å². The van der Waals surface area contributed by atoms with Gasteiger partial charge in [0.2, 0.25) is 0 Å². The highest BCUT2D eigenvalue weighted by atomic mass is 19.1. The molecule has 1 saturated heterocycles. The Morgan fingerprint density at radius 3 is 2.97 bits per heavy atom.